The monoisotopic (exact) mass is 438 g/mol. The maximum Gasteiger partial charge on any atom is 0.410 e. The summed E-state index contributed by atoms with van der Waals surface area (Å²) in [6.07, 6.45) is 0.469. The fourth-order valence-electron chi connectivity index (χ4n) is 3.39. The molecule has 1 saturated heterocycles. The van der Waals surface area contributed by atoms with Crippen molar-refractivity contribution < 1.29 is 19.4 Å². The molecule has 4 N–H and O–H groups in total. The number of likely N-dealkylation sites (tertiary alicyclic amines) is 1. The molecule has 0 aliphatic carbocycles. The third-order valence-corrected chi connectivity index (χ3v) is 5.81. The van der Waals surface area contributed by atoms with Crippen LogP contribution in [0.3, 0.4) is 0 Å². The largest absolute Gasteiger partial charge is 0.507 e. The zero-order valence-corrected chi connectivity index (χ0v) is 17.5. The molecule has 1 atom stereocenters. The van der Waals surface area contributed by atoms with Gasteiger partial charge in [0.05, 0.1) is 11.3 Å². The number of rotatable bonds is 6. The molecule has 3 aromatic rings. The quantitative estimate of drug-likeness (QED) is 0.543. The number of anilines is 1. The van der Waals surface area contributed by atoms with Crippen molar-refractivity contribution in [2.45, 2.75) is 19.1 Å². The molecule has 2 aromatic carbocycles. The SMILES string of the molecule is NC(=O)c1cc(-c2csc(NC3CCN(C(=O)OCc4ccccc4)C3)n2)ccc1O. The number of ether oxygens (including phenoxy) is 1. The van der Waals surface area contributed by atoms with Gasteiger partial charge in [-0.1, -0.05) is 30.3 Å². The molecule has 4 rings (SSSR count). The summed E-state index contributed by atoms with van der Waals surface area (Å²) >= 11 is 1.43. The van der Waals surface area contributed by atoms with Gasteiger partial charge in [-0.2, -0.15) is 0 Å². The van der Waals surface area contributed by atoms with Crippen molar-refractivity contribution in [3.63, 3.8) is 0 Å². The molecule has 9 heteroatoms. The molecule has 0 saturated carbocycles. The molecular formula is C22H22N4O4S. The van der Waals surface area contributed by atoms with Crippen LogP contribution in [-0.2, 0) is 11.3 Å². The van der Waals surface area contributed by atoms with Crippen LogP contribution in [0.4, 0.5) is 9.93 Å². The smallest absolute Gasteiger partial charge is 0.410 e. The van der Waals surface area contributed by atoms with Crippen LogP contribution in [0.25, 0.3) is 11.3 Å². The fraction of sp³-hybridized carbons (Fsp3) is 0.227. The predicted molar refractivity (Wildman–Crippen MR) is 118 cm³/mol. The van der Waals surface area contributed by atoms with Crippen LogP contribution in [0, 0.1) is 0 Å². The third kappa shape index (κ3) is 4.95. The average Bonchev–Trinajstić information content (AvgIpc) is 3.43. The van der Waals surface area contributed by atoms with E-state index in [2.05, 4.69) is 10.3 Å². The van der Waals surface area contributed by atoms with E-state index < -0.39 is 5.91 Å². The van der Waals surface area contributed by atoms with E-state index in [0.717, 1.165) is 12.0 Å². The standard InChI is InChI=1S/C22H22N4O4S/c23-20(28)17-10-15(6-7-19(17)27)18-13-31-21(25-18)24-16-8-9-26(11-16)22(29)30-12-14-4-2-1-3-5-14/h1-7,10,13,16,27H,8-9,11-12H2,(H2,23,28)(H,24,25). The first kappa shape index (κ1) is 20.7. The van der Waals surface area contributed by atoms with E-state index in [9.17, 15) is 14.7 Å². The summed E-state index contributed by atoms with van der Waals surface area (Å²) in [6.45, 7) is 1.40. The number of nitrogens with two attached hydrogens (primary N) is 1. The van der Waals surface area contributed by atoms with Gasteiger partial charge in [0, 0.05) is 30.1 Å². The Morgan fingerprint density at radius 2 is 2.06 bits per heavy atom. The van der Waals surface area contributed by atoms with Crippen LogP contribution in [0.15, 0.2) is 53.9 Å². The minimum absolute atomic E-state index is 0.0560. The highest BCUT2D eigenvalue weighted by molar-refractivity contribution is 7.14. The molecule has 8 nitrogen and oxygen atoms in total. The van der Waals surface area contributed by atoms with E-state index in [0.29, 0.717) is 29.5 Å². The lowest BCUT2D eigenvalue weighted by atomic mass is 10.1. The van der Waals surface area contributed by atoms with E-state index in [1.54, 1.807) is 11.0 Å². The molecule has 0 radical (unpaired) electrons. The van der Waals surface area contributed by atoms with Gasteiger partial charge in [-0.05, 0) is 30.2 Å². The summed E-state index contributed by atoms with van der Waals surface area (Å²) in [5, 5.41) is 15.7. The van der Waals surface area contributed by atoms with Gasteiger partial charge >= 0.3 is 6.09 Å². The van der Waals surface area contributed by atoms with Crippen molar-refractivity contribution >= 4 is 28.5 Å². The topological polar surface area (TPSA) is 118 Å². The summed E-state index contributed by atoms with van der Waals surface area (Å²) < 4.78 is 5.40. The number of amides is 2. The van der Waals surface area contributed by atoms with Gasteiger partial charge in [-0.25, -0.2) is 9.78 Å². The van der Waals surface area contributed by atoms with Crippen molar-refractivity contribution in [2.24, 2.45) is 5.73 Å². The van der Waals surface area contributed by atoms with Crippen molar-refractivity contribution in [2.75, 3.05) is 18.4 Å². The fourth-order valence-corrected chi connectivity index (χ4v) is 4.19. The number of nitrogens with one attached hydrogen (secondary N) is 1. The lowest BCUT2D eigenvalue weighted by Crippen LogP contribution is -2.32. The van der Waals surface area contributed by atoms with Gasteiger partial charge < -0.3 is 25.8 Å². The van der Waals surface area contributed by atoms with Crippen molar-refractivity contribution in [1.82, 2.24) is 9.88 Å². The normalized spacial score (nSPS) is 15.6. The number of phenols is 1. The third-order valence-electron chi connectivity index (χ3n) is 5.04. The van der Waals surface area contributed by atoms with Gasteiger partial charge in [0.25, 0.3) is 5.91 Å². The van der Waals surface area contributed by atoms with Gasteiger partial charge in [0.2, 0.25) is 0 Å². The molecule has 0 bridgehead atoms. The minimum Gasteiger partial charge on any atom is -0.507 e. The van der Waals surface area contributed by atoms with Crippen LogP contribution < -0.4 is 11.1 Å². The Morgan fingerprint density at radius 1 is 1.26 bits per heavy atom. The number of hydrogen-bond acceptors (Lipinski definition) is 7. The van der Waals surface area contributed by atoms with E-state index >= 15 is 0 Å². The Hall–Kier alpha value is -3.59. The molecular weight excluding hydrogens is 416 g/mol. The molecule has 160 valence electrons. The van der Waals surface area contributed by atoms with E-state index in [1.807, 2.05) is 35.7 Å². The van der Waals surface area contributed by atoms with Gasteiger partial charge in [0.1, 0.15) is 12.4 Å². The second kappa shape index (κ2) is 9.05. The molecule has 1 fully saturated rings. The predicted octanol–water partition coefficient (Wildman–Crippen LogP) is 3.44. The highest BCUT2D eigenvalue weighted by Crippen LogP contribution is 2.29. The Bertz CT molecular complexity index is 1090. The molecule has 1 aliphatic heterocycles. The van der Waals surface area contributed by atoms with Crippen LogP contribution in [0.5, 0.6) is 5.75 Å². The second-order valence-corrected chi connectivity index (χ2v) is 8.11. The molecule has 1 unspecified atom stereocenters. The lowest BCUT2D eigenvalue weighted by molar-refractivity contribution is 0.0996. The van der Waals surface area contributed by atoms with Crippen LogP contribution >= 0.6 is 11.3 Å². The number of thiazole rings is 1. The first-order chi connectivity index (χ1) is 15.0. The highest BCUT2D eigenvalue weighted by Gasteiger charge is 2.28. The zero-order valence-electron chi connectivity index (χ0n) is 16.7. The Labute approximate surface area is 183 Å². The number of primary amides is 1. The number of carbonyl (C=O) groups is 2. The molecule has 2 heterocycles. The summed E-state index contributed by atoms with van der Waals surface area (Å²) in [5.41, 5.74) is 7.67. The summed E-state index contributed by atoms with van der Waals surface area (Å²) in [4.78, 5) is 30.0. The van der Waals surface area contributed by atoms with Crippen LogP contribution in [0.1, 0.15) is 22.3 Å². The summed E-state index contributed by atoms with van der Waals surface area (Å²) in [5.74, 6) is -0.854. The zero-order chi connectivity index (χ0) is 21.8. The molecule has 0 spiro atoms. The highest BCUT2D eigenvalue weighted by atomic mass is 32.1. The first-order valence-electron chi connectivity index (χ1n) is 9.80. The maximum absolute atomic E-state index is 12.3. The van der Waals surface area contributed by atoms with Gasteiger partial charge in [-0.3, -0.25) is 4.79 Å². The first-order valence-corrected chi connectivity index (χ1v) is 10.7. The molecule has 1 aliphatic rings. The number of aromatic nitrogens is 1. The number of nitrogens with zero attached hydrogens (tertiary/aromatic N) is 2. The molecule has 31 heavy (non-hydrogen) atoms. The van der Waals surface area contributed by atoms with E-state index in [4.69, 9.17) is 10.5 Å². The molecule has 1 aromatic heterocycles. The lowest BCUT2D eigenvalue weighted by Gasteiger charge is -2.16. The van der Waals surface area contributed by atoms with Crippen molar-refractivity contribution in [3.05, 3.63) is 65.0 Å². The second-order valence-electron chi connectivity index (χ2n) is 7.25. The van der Waals surface area contributed by atoms with Crippen LogP contribution in [0.2, 0.25) is 0 Å². The molecule has 2 amide bonds. The van der Waals surface area contributed by atoms with E-state index in [-0.39, 0.29) is 30.1 Å². The number of benzene rings is 2. The number of hydrogen-bond donors (Lipinski definition) is 3. The number of carbonyl (C=O) groups excluding carboxylic acids is 2. The average molecular weight is 439 g/mol. The van der Waals surface area contributed by atoms with Crippen molar-refractivity contribution in [3.8, 4) is 17.0 Å². The summed E-state index contributed by atoms with van der Waals surface area (Å²) in [6, 6.07) is 14.3. The van der Waals surface area contributed by atoms with Crippen LogP contribution in [-0.4, -0.2) is 46.1 Å². The van der Waals surface area contributed by atoms with Gasteiger partial charge in [-0.15, -0.1) is 11.3 Å². The van der Waals surface area contributed by atoms with E-state index in [1.165, 1.54) is 23.5 Å². The van der Waals surface area contributed by atoms with Gasteiger partial charge in [0.15, 0.2) is 5.13 Å². The Morgan fingerprint density at radius 3 is 2.84 bits per heavy atom. The Balaban J connectivity index is 1.33. The Kier molecular flexibility index (Phi) is 6.03. The summed E-state index contributed by atoms with van der Waals surface area (Å²) in [7, 11) is 0. The number of aromatic hydroxyl groups is 1. The van der Waals surface area contributed by atoms with Crippen molar-refractivity contribution in [1.29, 1.82) is 0 Å². The minimum atomic E-state index is -0.696. The maximum atomic E-state index is 12.3.